The van der Waals surface area contributed by atoms with Gasteiger partial charge in [0.05, 0.1) is 11.7 Å². The maximum absolute atomic E-state index is 12.3. The number of hydrogen-bond donors (Lipinski definition) is 2. The summed E-state index contributed by atoms with van der Waals surface area (Å²) in [5.74, 6) is -0.301. The molecule has 6 nitrogen and oxygen atoms in total. The van der Waals surface area contributed by atoms with Gasteiger partial charge in [-0.05, 0) is 86.0 Å². The van der Waals surface area contributed by atoms with Gasteiger partial charge in [-0.15, -0.1) is 0 Å². The number of carbonyl (C=O) groups is 1. The molecule has 0 aromatic heterocycles. The van der Waals surface area contributed by atoms with Crippen molar-refractivity contribution in [1.82, 2.24) is 0 Å². The molecule has 2 N–H and O–H groups in total. The molecule has 1 saturated heterocycles. The first kappa shape index (κ1) is 27.8. The van der Waals surface area contributed by atoms with E-state index in [0.717, 1.165) is 44.1 Å². The summed E-state index contributed by atoms with van der Waals surface area (Å²) < 4.78 is 17.9. The molecule has 6 heteroatoms. The molecule has 2 aliphatic rings. The van der Waals surface area contributed by atoms with Gasteiger partial charge in [-0.2, -0.15) is 0 Å². The van der Waals surface area contributed by atoms with Gasteiger partial charge in [-0.3, -0.25) is 0 Å². The van der Waals surface area contributed by atoms with Crippen LogP contribution in [0.2, 0.25) is 0 Å². The monoisotopic (exact) mass is 464 g/mol. The Balaban J connectivity index is 2.22. The number of allylic oxidation sites excluding steroid dienone is 5. The second kappa shape index (κ2) is 12.3. The molecule has 0 spiro atoms. The minimum absolute atomic E-state index is 0.279. The standard InChI is InChI=1S/C27H44O6/c1-8-18(4)16-22(28)32-25-23(29)20(6)31-26(24(25)30)33-27(7,15-9-10-17(2)3)21-13-11-19(5)12-14-21/h10-11,16,20-21,23-26,29-30H,8-9,12-15H2,1-7H3/b18-16+/t20-,21-,23+,24-,25+,26+,27?/m1/s1. The van der Waals surface area contributed by atoms with Crippen LogP contribution in [0.25, 0.3) is 0 Å². The van der Waals surface area contributed by atoms with Crippen molar-refractivity contribution in [1.29, 1.82) is 0 Å². The highest BCUT2D eigenvalue weighted by Gasteiger charge is 2.49. The van der Waals surface area contributed by atoms with Crippen molar-refractivity contribution in [3.05, 3.63) is 34.9 Å². The van der Waals surface area contributed by atoms with Gasteiger partial charge in [0.15, 0.2) is 12.4 Å². The lowest BCUT2D eigenvalue weighted by molar-refractivity contribution is -0.326. The largest absolute Gasteiger partial charge is 0.453 e. The van der Waals surface area contributed by atoms with Crippen LogP contribution >= 0.6 is 0 Å². The Morgan fingerprint density at radius 2 is 1.97 bits per heavy atom. The van der Waals surface area contributed by atoms with E-state index in [1.165, 1.54) is 17.2 Å². The molecule has 0 aromatic carbocycles. The van der Waals surface area contributed by atoms with Crippen molar-refractivity contribution in [3.63, 3.8) is 0 Å². The average molecular weight is 465 g/mol. The molecule has 0 aromatic rings. The van der Waals surface area contributed by atoms with Crippen LogP contribution in [-0.2, 0) is 19.0 Å². The summed E-state index contributed by atoms with van der Waals surface area (Å²) in [5, 5.41) is 21.6. The fraction of sp³-hybridized carbons (Fsp3) is 0.741. The van der Waals surface area contributed by atoms with Gasteiger partial charge in [0.25, 0.3) is 0 Å². The molecular weight excluding hydrogens is 420 g/mol. The van der Waals surface area contributed by atoms with Crippen LogP contribution < -0.4 is 0 Å². The van der Waals surface area contributed by atoms with Crippen molar-refractivity contribution in [3.8, 4) is 0 Å². The quantitative estimate of drug-likeness (QED) is 0.284. The van der Waals surface area contributed by atoms with E-state index < -0.39 is 42.3 Å². The Hall–Kier alpha value is -1.47. The molecule has 2 rings (SSSR count). The topological polar surface area (TPSA) is 85.2 Å². The van der Waals surface area contributed by atoms with Crippen molar-refractivity contribution in [2.24, 2.45) is 5.92 Å². The van der Waals surface area contributed by atoms with E-state index in [-0.39, 0.29) is 5.92 Å². The molecular formula is C27H44O6. The number of hydrogen-bond acceptors (Lipinski definition) is 6. The predicted molar refractivity (Wildman–Crippen MR) is 130 cm³/mol. The average Bonchev–Trinajstić information content (AvgIpc) is 2.75. The fourth-order valence-corrected chi connectivity index (χ4v) is 4.50. The van der Waals surface area contributed by atoms with Crippen molar-refractivity contribution in [2.45, 2.75) is 123 Å². The third-order valence-electron chi connectivity index (χ3n) is 7.04. The first-order chi connectivity index (χ1) is 15.5. The number of aliphatic hydroxyl groups excluding tert-OH is 2. The highest BCUT2D eigenvalue weighted by Crippen LogP contribution is 2.40. The van der Waals surface area contributed by atoms with Crippen LogP contribution in [0.5, 0.6) is 0 Å². The van der Waals surface area contributed by atoms with E-state index in [0.29, 0.717) is 0 Å². The highest BCUT2D eigenvalue weighted by atomic mass is 16.7. The maximum Gasteiger partial charge on any atom is 0.331 e. The van der Waals surface area contributed by atoms with Gasteiger partial charge in [0.1, 0.15) is 12.2 Å². The van der Waals surface area contributed by atoms with Crippen LogP contribution in [0.1, 0.15) is 87.0 Å². The summed E-state index contributed by atoms with van der Waals surface area (Å²) in [6.07, 6.45) is 5.97. The van der Waals surface area contributed by atoms with Crippen LogP contribution in [0.15, 0.2) is 34.9 Å². The Morgan fingerprint density at radius 1 is 1.27 bits per heavy atom. The third-order valence-corrected chi connectivity index (χ3v) is 7.04. The minimum atomic E-state index is -1.29. The van der Waals surface area contributed by atoms with Gasteiger partial charge in [-0.25, -0.2) is 4.79 Å². The third kappa shape index (κ3) is 7.78. The highest BCUT2D eigenvalue weighted by molar-refractivity contribution is 5.82. The second-order valence-electron chi connectivity index (χ2n) is 10.2. The lowest BCUT2D eigenvalue weighted by Crippen LogP contribution is -2.60. The lowest BCUT2D eigenvalue weighted by Gasteiger charge is -2.46. The molecule has 1 aliphatic carbocycles. The zero-order valence-corrected chi connectivity index (χ0v) is 21.5. The second-order valence-corrected chi connectivity index (χ2v) is 10.2. The minimum Gasteiger partial charge on any atom is -0.453 e. The Bertz CT molecular complexity index is 750. The van der Waals surface area contributed by atoms with E-state index >= 15 is 0 Å². The molecule has 1 fully saturated rings. The Kier molecular flexibility index (Phi) is 10.3. The summed E-state index contributed by atoms with van der Waals surface area (Å²) in [6, 6.07) is 0. The zero-order chi connectivity index (χ0) is 24.8. The molecule has 0 amide bonds. The van der Waals surface area contributed by atoms with E-state index in [1.54, 1.807) is 6.92 Å². The SMILES string of the molecule is CC/C(C)=C/C(=O)O[C@H]1[C@@H](O)[C@@H](C)O[C@@H](OC(C)(CCC=C(C)C)[C@@H]2CC=C(C)CC2)[C@@H]1O. The van der Waals surface area contributed by atoms with Gasteiger partial charge >= 0.3 is 5.97 Å². The van der Waals surface area contributed by atoms with Crippen LogP contribution in [0, 0.1) is 5.92 Å². The predicted octanol–water partition coefficient (Wildman–Crippen LogP) is 4.99. The van der Waals surface area contributed by atoms with E-state index in [9.17, 15) is 15.0 Å². The van der Waals surface area contributed by atoms with Crippen LogP contribution in [0.3, 0.4) is 0 Å². The zero-order valence-electron chi connectivity index (χ0n) is 21.5. The fourth-order valence-electron chi connectivity index (χ4n) is 4.50. The summed E-state index contributed by atoms with van der Waals surface area (Å²) in [7, 11) is 0. The number of ether oxygens (including phenoxy) is 3. The van der Waals surface area contributed by atoms with E-state index in [1.807, 2.05) is 13.8 Å². The first-order valence-corrected chi connectivity index (χ1v) is 12.3. The first-order valence-electron chi connectivity index (χ1n) is 12.3. The van der Waals surface area contributed by atoms with Gasteiger partial charge in [-0.1, -0.05) is 35.8 Å². The molecule has 0 bridgehead atoms. The summed E-state index contributed by atoms with van der Waals surface area (Å²) in [5.41, 5.74) is 2.98. The smallest absolute Gasteiger partial charge is 0.331 e. The Labute approximate surface area is 199 Å². The number of esters is 1. The summed E-state index contributed by atoms with van der Waals surface area (Å²) in [4.78, 5) is 12.3. The van der Waals surface area contributed by atoms with E-state index in [4.69, 9.17) is 14.2 Å². The Morgan fingerprint density at radius 3 is 2.55 bits per heavy atom. The number of carbonyl (C=O) groups excluding carboxylic acids is 1. The molecule has 0 radical (unpaired) electrons. The van der Waals surface area contributed by atoms with Crippen molar-refractivity contribution >= 4 is 5.97 Å². The van der Waals surface area contributed by atoms with Crippen molar-refractivity contribution < 1.29 is 29.2 Å². The van der Waals surface area contributed by atoms with Gasteiger partial charge < -0.3 is 24.4 Å². The van der Waals surface area contributed by atoms with Crippen molar-refractivity contribution in [2.75, 3.05) is 0 Å². The maximum atomic E-state index is 12.3. The summed E-state index contributed by atoms with van der Waals surface area (Å²) >= 11 is 0. The molecule has 0 saturated carbocycles. The molecule has 33 heavy (non-hydrogen) atoms. The van der Waals surface area contributed by atoms with E-state index in [2.05, 4.69) is 39.8 Å². The molecule has 1 unspecified atom stereocenters. The molecule has 1 heterocycles. The van der Waals surface area contributed by atoms with Gasteiger partial charge in [0.2, 0.25) is 0 Å². The number of rotatable bonds is 9. The van der Waals surface area contributed by atoms with Crippen LogP contribution in [0.4, 0.5) is 0 Å². The van der Waals surface area contributed by atoms with Gasteiger partial charge in [0, 0.05) is 6.08 Å². The molecule has 1 aliphatic heterocycles. The van der Waals surface area contributed by atoms with Crippen LogP contribution in [-0.4, -0.2) is 52.5 Å². The normalized spacial score (nSPS) is 32.5. The molecule has 188 valence electrons. The molecule has 7 atom stereocenters. The summed E-state index contributed by atoms with van der Waals surface area (Å²) in [6.45, 7) is 13.9. The lowest BCUT2D eigenvalue weighted by atomic mass is 9.76. The number of aliphatic hydroxyl groups is 2.